The number of aromatic nitrogens is 3. The number of benzene rings is 1. The Morgan fingerprint density at radius 2 is 1.97 bits per heavy atom. The first kappa shape index (κ1) is 22.0. The molecule has 1 fully saturated rings. The fourth-order valence-corrected chi connectivity index (χ4v) is 4.15. The second-order valence-corrected chi connectivity index (χ2v) is 8.63. The zero-order valence-corrected chi connectivity index (χ0v) is 18.6. The number of pyridine rings is 1. The molecule has 2 aromatic heterocycles. The van der Waals surface area contributed by atoms with Gasteiger partial charge in [0.2, 0.25) is 0 Å². The van der Waals surface area contributed by atoms with Gasteiger partial charge in [0.25, 0.3) is 5.91 Å². The Hall–Kier alpha value is -3.23. The van der Waals surface area contributed by atoms with Crippen LogP contribution < -0.4 is 5.32 Å². The lowest BCUT2D eigenvalue weighted by Gasteiger charge is -2.32. The summed E-state index contributed by atoms with van der Waals surface area (Å²) in [5, 5.41) is 19.0. The van der Waals surface area contributed by atoms with Crippen molar-refractivity contribution in [2.45, 2.75) is 25.6 Å². The fraction of sp³-hybridized carbons (Fsp3) is 0.375. The van der Waals surface area contributed by atoms with Crippen LogP contribution in [0, 0.1) is 6.92 Å². The van der Waals surface area contributed by atoms with Crippen LogP contribution in [0.25, 0.3) is 0 Å². The average molecular weight is 435 g/mol. The summed E-state index contributed by atoms with van der Waals surface area (Å²) in [7, 11) is 1.97. The maximum absolute atomic E-state index is 13.4. The van der Waals surface area contributed by atoms with Gasteiger partial charge in [0, 0.05) is 62.2 Å². The summed E-state index contributed by atoms with van der Waals surface area (Å²) in [6, 6.07) is 11.5. The van der Waals surface area contributed by atoms with E-state index in [9.17, 15) is 9.90 Å². The number of hydrogen-bond acceptors (Lipinski definition) is 6. The topological polar surface area (TPSA) is 86.5 Å². The largest absolute Gasteiger partial charge is 0.385 e. The fourth-order valence-electron chi connectivity index (χ4n) is 4.15. The number of carbonyl (C=O) groups excluding carboxylic acids is 1. The highest BCUT2D eigenvalue weighted by atomic mass is 16.3. The number of aliphatic hydroxyl groups is 1. The van der Waals surface area contributed by atoms with Crippen LogP contribution in [-0.2, 0) is 13.1 Å². The van der Waals surface area contributed by atoms with Crippen molar-refractivity contribution in [1.29, 1.82) is 0 Å². The normalized spacial score (nSPS) is 19.5. The molecule has 1 aliphatic rings. The molecule has 2 N–H and O–H groups in total. The summed E-state index contributed by atoms with van der Waals surface area (Å²) in [5.41, 5.74) is 2.64. The van der Waals surface area contributed by atoms with E-state index in [1.165, 1.54) is 0 Å². The monoisotopic (exact) mass is 434 g/mol. The number of amides is 1. The molecule has 1 unspecified atom stereocenters. The van der Waals surface area contributed by atoms with Crippen molar-refractivity contribution in [1.82, 2.24) is 24.6 Å². The molecule has 8 heteroatoms. The number of β-amino-alcohol motifs (C(OH)–C–C–N with tert-alkyl or cyclic N) is 1. The minimum Gasteiger partial charge on any atom is -0.385 e. The predicted molar refractivity (Wildman–Crippen MR) is 123 cm³/mol. The number of nitrogens with one attached hydrogen (secondary N) is 1. The Morgan fingerprint density at radius 1 is 1.16 bits per heavy atom. The van der Waals surface area contributed by atoms with E-state index < -0.39 is 5.60 Å². The van der Waals surface area contributed by atoms with E-state index in [-0.39, 0.29) is 12.5 Å². The van der Waals surface area contributed by atoms with Gasteiger partial charge in [0.05, 0.1) is 13.1 Å². The van der Waals surface area contributed by atoms with Crippen molar-refractivity contribution < 1.29 is 9.90 Å². The van der Waals surface area contributed by atoms with Gasteiger partial charge in [-0.15, -0.1) is 0 Å². The molecule has 3 aromatic rings. The second kappa shape index (κ2) is 9.50. The third-order valence-corrected chi connectivity index (χ3v) is 5.82. The van der Waals surface area contributed by atoms with Gasteiger partial charge in [-0.25, -0.2) is 0 Å². The van der Waals surface area contributed by atoms with Gasteiger partial charge in [-0.05, 0) is 55.4 Å². The summed E-state index contributed by atoms with van der Waals surface area (Å²) in [5.74, 6) is -0.0776. The number of carbonyl (C=O) groups is 1. The van der Waals surface area contributed by atoms with E-state index in [0.717, 1.165) is 16.8 Å². The van der Waals surface area contributed by atoms with E-state index in [4.69, 9.17) is 0 Å². The van der Waals surface area contributed by atoms with Crippen LogP contribution in [0.4, 0.5) is 5.69 Å². The zero-order valence-electron chi connectivity index (χ0n) is 18.6. The van der Waals surface area contributed by atoms with E-state index in [0.29, 0.717) is 38.3 Å². The van der Waals surface area contributed by atoms with Crippen LogP contribution in [0.15, 0.2) is 61.2 Å². The number of hydrogen-bond donors (Lipinski definition) is 2. The maximum Gasteiger partial charge on any atom is 0.254 e. The smallest absolute Gasteiger partial charge is 0.254 e. The highest BCUT2D eigenvalue weighted by Gasteiger charge is 2.36. The SMILES string of the molecule is Cc1ccc(C(=O)N2CCN(C)CC(O)(Cn3cccn3)C2)cc1NCc1ccncc1. The molecule has 0 saturated carbocycles. The molecular weight excluding hydrogens is 404 g/mol. The van der Waals surface area contributed by atoms with Crippen LogP contribution in [0.5, 0.6) is 0 Å². The van der Waals surface area contributed by atoms with Crippen LogP contribution in [-0.4, -0.2) is 74.4 Å². The highest BCUT2D eigenvalue weighted by Crippen LogP contribution is 2.22. The third kappa shape index (κ3) is 5.33. The molecular formula is C24H30N6O2. The number of anilines is 1. The number of rotatable bonds is 6. The molecule has 4 rings (SSSR count). The van der Waals surface area contributed by atoms with E-state index >= 15 is 0 Å². The Kier molecular flexibility index (Phi) is 6.53. The molecule has 1 saturated heterocycles. The maximum atomic E-state index is 13.4. The first-order valence-corrected chi connectivity index (χ1v) is 10.8. The number of likely N-dealkylation sites (N-methyl/N-ethyl adjacent to an activating group) is 1. The van der Waals surface area contributed by atoms with Gasteiger partial charge in [0.15, 0.2) is 0 Å². The molecule has 168 valence electrons. The number of aryl methyl sites for hydroxylation is 1. The molecule has 0 aliphatic carbocycles. The van der Waals surface area contributed by atoms with Crippen LogP contribution >= 0.6 is 0 Å². The van der Waals surface area contributed by atoms with E-state index in [1.54, 1.807) is 28.2 Å². The average Bonchev–Trinajstić information content (AvgIpc) is 3.23. The molecule has 1 aromatic carbocycles. The molecule has 32 heavy (non-hydrogen) atoms. The van der Waals surface area contributed by atoms with Gasteiger partial charge in [-0.3, -0.25) is 14.5 Å². The first-order valence-electron chi connectivity index (χ1n) is 10.8. The van der Waals surface area contributed by atoms with Crippen molar-refractivity contribution in [3.8, 4) is 0 Å². The van der Waals surface area contributed by atoms with Gasteiger partial charge in [0.1, 0.15) is 5.60 Å². The Labute approximate surface area is 188 Å². The van der Waals surface area contributed by atoms with E-state index in [1.807, 2.05) is 56.6 Å². The van der Waals surface area contributed by atoms with Crippen molar-refractivity contribution in [2.75, 3.05) is 38.5 Å². The third-order valence-electron chi connectivity index (χ3n) is 5.82. The van der Waals surface area contributed by atoms with E-state index in [2.05, 4.69) is 20.3 Å². The number of nitrogens with zero attached hydrogens (tertiary/aromatic N) is 5. The lowest BCUT2D eigenvalue weighted by atomic mass is 10.0. The van der Waals surface area contributed by atoms with Gasteiger partial charge >= 0.3 is 0 Å². The molecule has 0 spiro atoms. The Morgan fingerprint density at radius 3 is 2.72 bits per heavy atom. The summed E-state index contributed by atoms with van der Waals surface area (Å²) in [4.78, 5) is 21.3. The van der Waals surface area contributed by atoms with Crippen molar-refractivity contribution in [3.63, 3.8) is 0 Å². The summed E-state index contributed by atoms with van der Waals surface area (Å²) in [6.45, 7) is 5.00. The van der Waals surface area contributed by atoms with Crippen molar-refractivity contribution >= 4 is 11.6 Å². The highest BCUT2D eigenvalue weighted by molar-refractivity contribution is 5.95. The van der Waals surface area contributed by atoms with Gasteiger partial charge < -0.3 is 20.2 Å². The van der Waals surface area contributed by atoms with Crippen molar-refractivity contribution in [2.24, 2.45) is 0 Å². The quantitative estimate of drug-likeness (QED) is 0.617. The lowest BCUT2D eigenvalue weighted by Crippen LogP contribution is -2.50. The van der Waals surface area contributed by atoms with Crippen molar-refractivity contribution in [3.05, 3.63) is 77.9 Å². The summed E-state index contributed by atoms with van der Waals surface area (Å²) in [6.07, 6.45) is 7.06. The standard InChI is InChI=1S/C24H30N6O2/c1-19-4-5-21(14-22(19)26-15-20-6-9-25-10-7-20)23(31)29-13-12-28(2)16-24(32,17-29)18-30-11-3-8-27-30/h3-11,14,26,32H,12-13,15-18H2,1-2H3. The van der Waals surface area contributed by atoms with Crippen LogP contribution in [0.1, 0.15) is 21.5 Å². The van der Waals surface area contributed by atoms with Crippen LogP contribution in [0.2, 0.25) is 0 Å². The molecule has 1 aliphatic heterocycles. The molecule has 1 atom stereocenters. The van der Waals surface area contributed by atoms with Crippen LogP contribution in [0.3, 0.4) is 0 Å². The first-order chi connectivity index (χ1) is 15.4. The second-order valence-electron chi connectivity index (χ2n) is 8.63. The lowest BCUT2D eigenvalue weighted by molar-refractivity contribution is -0.0137. The molecule has 0 bridgehead atoms. The van der Waals surface area contributed by atoms with Gasteiger partial charge in [-0.1, -0.05) is 6.07 Å². The summed E-state index contributed by atoms with van der Waals surface area (Å²) < 4.78 is 1.72. The molecule has 3 heterocycles. The summed E-state index contributed by atoms with van der Waals surface area (Å²) >= 11 is 0. The van der Waals surface area contributed by atoms with Gasteiger partial charge in [-0.2, -0.15) is 5.10 Å². The molecule has 0 radical (unpaired) electrons. The minimum atomic E-state index is -1.08. The predicted octanol–water partition coefficient (Wildman–Crippen LogP) is 2.02. The Bertz CT molecular complexity index is 1040. The zero-order chi connectivity index (χ0) is 22.6. The Balaban J connectivity index is 1.50. The minimum absolute atomic E-state index is 0.0776. The molecule has 1 amide bonds. The molecule has 8 nitrogen and oxygen atoms in total.